The number of esters is 1. The molecule has 0 fully saturated rings. The normalized spacial score (nSPS) is 10.8. The van der Waals surface area contributed by atoms with Gasteiger partial charge < -0.3 is 14.3 Å². The lowest BCUT2D eigenvalue weighted by Crippen LogP contribution is -2.07. The van der Waals surface area contributed by atoms with Crippen LogP contribution in [0.25, 0.3) is 22.3 Å². The van der Waals surface area contributed by atoms with E-state index in [1.54, 1.807) is 24.3 Å². The number of hydrogen-bond donors (Lipinski definition) is 1. The summed E-state index contributed by atoms with van der Waals surface area (Å²) < 4.78 is 11.0. The van der Waals surface area contributed by atoms with Gasteiger partial charge in [-0.2, -0.15) is 0 Å². The summed E-state index contributed by atoms with van der Waals surface area (Å²) in [5.74, 6) is 0.618. The third-order valence-corrected chi connectivity index (χ3v) is 4.07. The highest BCUT2D eigenvalue weighted by Gasteiger charge is 2.09. The largest absolute Gasteiger partial charge is 0.508 e. The van der Waals surface area contributed by atoms with Gasteiger partial charge in [-0.3, -0.25) is 9.59 Å². The van der Waals surface area contributed by atoms with Crippen molar-refractivity contribution < 1.29 is 19.1 Å². The molecule has 1 aromatic heterocycles. The number of unbranched alkanes of at least 4 members (excludes halogenated alkanes) is 2. The molecular formula is C21H20O5. The van der Waals surface area contributed by atoms with Crippen molar-refractivity contribution in [3.63, 3.8) is 0 Å². The Kier molecular flexibility index (Phi) is 5.37. The van der Waals surface area contributed by atoms with Gasteiger partial charge in [0.05, 0.1) is 5.39 Å². The number of aromatic hydroxyl groups is 1. The summed E-state index contributed by atoms with van der Waals surface area (Å²) in [5, 5.41) is 9.98. The molecule has 134 valence electrons. The van der Waals surface area contributed by atoms with E-state index in [2.05, 4.69) is 6.92 Å². The molecule has 1 N–H and O–H groups in total. The molecule has 26 heavy (non-hydrogen) atoms. The molecule has 0 bridgehead atoms. The van der Waals surface area contributed by atoms with Crippen LogP contribution in [0.15, 0.2) is 57.7 Å². The SMILES string of the molecule is CCCCCC(=O)Oc1ccc(-c2cc(=O)c3ccc(O)cc3o2)cc1. The monoisotopic (exact) mass is 352 g/mol. The van der Waals surface area contributed by atoms with E-state index in [1.165, 1.54) is 24.3 Å². The van der Waals surface area contributed by atoms with Crippen LogP contribution in [0.5, 0.6) is 11.5 Å². The zero-order valence-electron chi connectivity index (χ0n) is 14.5. The van der Waals surface area contributed by atoms with Crippen LogP contribution in [0.3, 0.4) is 0 Å². The molecule has 0 spiro atoms. The predicted octanol–water partition coefficient (Wildman–Crippen LogP) is 4.65. The highest BCUT2D eigenvalue weighted by atomic mass is 16.5. The fourth-order valence-corrected chi connectivity index (χ4v) is 2.68. The topological polar surface area (TPSA) is 76.7 Å². The average molecular weight is 352 g/mol. The van der Waals surface area contributed by atoms with Crippen molar-refractivity contribution in [1.29, 1.82) is 0 Å². The van der Waals surface area contributed by atoms with Crippen LogP contribution in [-0.2, 0) is 4.79 Å². The maximum atomic E-state index is 12.2. The minimum absolute atomic E-state index is 0.0307. The van der Waals surface area contributed by atoms with Gasteiger partial charge in [0.2, 0.25) is 0 Å². The average Bonchev–Trinajstić information content (AvgIpc) is 2.62. The van der Waals surface area contributed by atoms with E-state index < -0.39 is 0 Å². The molecule has 0 unspecified atom stereocenters. The highest BCUT2D eigenvalue weighted by Crippen LogP contribution is 2.26. The highest BCUT2D eigenvalue weighted by molar-refractivity contribution is 5.80. The Hall–Kier alpha value is -3.08. The summed E-state index contributed by atoms with van der Waals surface area (Å²) >= 11 is 0. The molecule has 2 aromatic carbocycles. The molecule has 0 saturated carbocycles. The minimum Gasteiger partial charge on any atom is -0.508 e. The molecule has 5 heteroatoms. The summed E-state index contributed by atoms with van der Waals surface area (Å²) in [6.45, 7) is 2.08. The first-order valence-corrected chi connectivity index (χ1v) is 8.65. The maximum absolute atomic E-state index is 12.2. The Balaban J connectivity index is 1.79. The van der Waals surface area contributed by atoms with Crippen molar-refractivity contribution in [1.82, 2.24) is 0 Å². The summed E-state index contributed by atoms with van der Waals surface area (Å²) in [7, 11) is 0. The van der Waals surface area contributed by atoms with Gasteiger partial charge in [0, 0.05) is 24.1 Å². The first-order chi connectivity index (χ1) is 12.6. The molecule has 1 heterocycles. The van der Waals surface area contributed by atoms with E-state index in [9.17, 15) is 14.7 Å². The van der Waals surface area contributed by atoms with Crippen molar-refractivity contribution in [2.45, 2.75) is 32.6 Å². The Morgan fingerprint density at radius 3 is 2.58 bits per heavy atom. The van der Waals surface area contributed by atoms with Crippen molar-refractivity contribution in [3.05, 3.63) is 58.8 Å². The third kappa shape index (κ3) is 4.11. The molecule has 0 aliphatic heterocycles. The van der Waals surface area contributed by atoms with Crippen LogP contribution in [-0.4, -0.2) is 11.1 Å². The number of carbonyl (C=O) groups is 1. The van der Waals surface area contributed by atoms with Gasteiger partial charge in [0.25, 0.3) is 0 Å². The molecule has 3 rings (SSSR count). The van der Waals surface area contributed by atoms with E-state index in [-0.39, 0.29) is 17.1 Å². The fourth-order valence-electron chi connectivity index (χ4n) is 2.68. The van der Waals surface area contributed by atoms with Crippen molar-refractivity contribution in [2.75, 3.05) is 0 Å². The molecule has 3 aromatic rings. The second kappa shape index (κ2) is 7.87. The zero-order valence-corrected chi connectivity index (χ0v) is 14.5. The number of phenolic OH excluding ortho intramolecular Hbond substituents is 1. The smallest absolute Gasteiger partial charge is 0.311 e. The van der Waals surface area contributed by atoms with Crippen LogP contribution in [0, 0.1) is 0 Å². The van der Waals surface area contributed by atoms with Gasteiger partial charge in [-0.05, 0) is 42.8 Å². The molecule has 5 nitrogen and oxygen atoms in total. The molecule has 0 saturated heterocycles. The van der Waals surface area contributed by atoms with Gasteiger partial charge in [-0.15, -0.1) is 0 Å². The number of fused-ring (bicyclic) bond motifs is 1. The number of carbonyl (C=O) groups excluding carboxylic acids is 1. The summed E-state index contributed by atoms with van der Waals surface area (Å²) in [6.07, 6.45) is 3.28. The lowest BCUT2D eigenvalue weighted by Gasteiger charge is -2.06. The van der Waals surface area contributed by atoms with E-state index in [1.807, 2.05) is 0 Å². The molecule has 0 amide bonds. The van der Waals surface area contributed by atoms with Crippen LogP contribution < -0.4 is 10.2 Å². The van der Waals surface area contributed by atoms with E-state index in [4.69, 9.17) is 9.15 Å². The summed E-state index contributed by atoms with van der Waals surface area (Å²) in [4.78, 5) is 24.0. The molecule has 0 aliphatic rings. The number of phenols is 1. The van der Waals surface area contributed by atoms with Gasteiger partial charge in [-0.25, -0.2) is 0 Å². The first kappa shape index (κ1) is 17.7. The molecule has 0 radical (unpaired) electrons. The van der Waals surface area contributed by atoms with E-state index in [0.29, 0.717) is 34.5 Å². The Bertz CT molecular complexity index is 970. The Morgan fingerprint density at radius 2 is 1.85 bits per heavy atom. The number of rotatable bonds is 6. The minimum atomic E-state index is -0.251. The maximum Gasteiger partial charge on any atom is 0.311 e. The van der Waals surface area contributed by atoms with Crippen molar-refractivity contribution in [2.24, 2.45) is 0 Å². The van der Waals surface area contributed by atoms with Crippen molar-refractivity contribution >= 4 is 16.9 Å². The van der Waals surface area contributed by atoms with Gasteiger partial charge in [-0.1, -0.05) is 19.8 Å². The number of ether oxygens (including phenoxy) is 1. The van der Waals surface area contributed by atoms with Gasteiger partial charge in [0.15, 0.2) is 5.43 Å². The van der Waals surface area contributed by atoms with Gasteiger partial charge >= 0.3 is 5.97 Å². The first-order valence-electron chi connectivity index (χ1n) is 8.65. The predicted molar refractivity (Wildman–Crippen MR) is 99.4 cm³/mol. The second-order valence-electron chi connectivity index (χ2n) is 6.11. The van der Waals surface area contributed by atoms with Gasteiger partial charge in [0.1, 0.15) is 22.8 Å². The lowest BCUT2D eigenvalue weighted by molar-refractivity contribution is -0.134. The van der Waals surface area contributed by atoms with Crippen LogP contribution in [0.1, 0.15) is 32.6 Å². The van der Waals surface area contributed by atoms with E-state index in [0.717, 1.165) is 19.3 Å². The standard InChI is InChI=1S/C21H20O5/c1-2-3-4-5-21(24)25-16-9-6-14(7-10-16)19-13-18(23)17-11-8-15(22)12-20(17)26-19/h6-13,22H,2-5H2,1H3. The molecular weight excluding hydrogens is 332 g/mol. The quantitative estimate of drug-likeness (QED) is 0.397. The van der Waals surface area contributed by atoms with Crippen LogP contribution in [0.4, 0.5) is 0 Å². The summed E-state index contributed by atoms with van der Waals surface area (Å²) in [5.41, 5.74) is 0.810. The number of benzene rings is 2. The fraction of sp³-hybridized carbons (Fsp3) is 0.238. The Morgan fingerprint density at radius 1 is 1.08 bits per heavy atom. The van der Waals surface area contributed by atoms with Crippen LogP contribution >= 0.6 is 0 Å². The summed E-state index contributed by atoms with van der Waals surface area (Å²) in [6, 6.07) is 12.6. The number of hydrogen-bond acceptors (Lipinski definition) is 5. The van der Waals surface area contributed by atoms with Crippen molar-refractivity contribution in [3.8, 4) is 22.8 Å². The van der Waals surface area contributed by atoms with E-state index >= 15 is 0 Å². The zero-order chi connectivity index (χ0) is 18.5. The lowest BCUT2D eigenvalue weighted by atomic mass is 10.1. The van der Waals surface area contributed by atoms with Crippen LogP contribution in [0.2, 0.25) is 0 Å². The Labute approximate surface area is 150 Å². The molecule has 0 atom stereocenters. The second-order valence-corrected chi connectivity index (χ2v) is 6.11. The third-order valence-electron chi connectivity index (χ3n) is 4.07. The molecule has 0 aliphatic carbocycles.